The average Bonchev–Trinajstić information content (AvgIpc) is 1.82. The van der Waals surface area contributed by atoms with Crippen molar-refractivity contribution in [3.05, 3.63) is 17.0 Å². The minimum absolute atomic E-state index is 0. The predicted octanol–water partition coefficient (Wildman–Crippen LogP) is -0.0234. The van der Waals surface area contributed by atoms with Gasteiger partial charge in [-0.3, -0.25) is 4.21 Å². The quantitative estimate of drug-likeness (QED) is 0.529. The standard InChI is InChI=1S/C9H17ClNOS.BrH.Mg/c1-7(9(5,6)10)11-13(12)8(2,3)4;;/h1H2,2-6H3;1H;/q-1;;+2/p-1/t13-;;/m1../s1. The van der Waals surface area contributed by atoms with E-state index in [0.29, 0.717) is 5.70 Å². The summed E-state index contributed by atoms with van der Waals surface area (Å²) in [5.74, 6) is 0. The molecule has 15 heavy (non-hydrogen) atoms. The molecule has 0 saturated carbocycles. The third kappa shape index (κ3) is 8.98. The second-order valence-corrected chi connectivity index (χ2v) is 7.22. The van der Waals surface area contributed by atoms with Crippen LogP contribution in [0.25, 0.3) is 4.72 Å². The van der Waals surface area contributed by atoms with Crippen LogP contribution < -0.4 is 17.0 Å². The van der Waals surface area contributed by atoms with Crippen molar-refractivity contribution in [2.75, 3.05) is 0 Å². The third-order valence-corrected chi connectivity index (χ3v) is 3.06. The molecule has 0 rings (SSSR count). The summed E-state index contributed by atoms with van der Waals surface area (Å²) in [6.45, 7) is 12.8. The number of hydrogen-bond acceptors (Lipinski definition) is 1. The number of rotatable bonds is 3. The number of allylic oxidation sites excluding steroid dienone is 1. The zero-order chi connectivity index (χ0) is 10.9. The first-order valence-corrected chi connectivity index (χ1v) is 5.55. The summed E-state index contributed by atoms with van der Waals surface area (Å²) in [7, 11) is -1.27. The van der Waals surface area contributed by atoms with Crippen molar-refractivity contribution in [2.45, 2.75) is 44.2 Å². The number of nitrogens with zero attached hydrogens (tertiary/aromatic N) is 1. The fourth-order valence-corrected chi connectivity index (χ4v) is 1.14. The van der Waals surface area contributed by atoms with Crippen LogP contribution >= 0.6 is 11.6 Å². The van der Waals surface area contributed by atoms with Crippen LogP contribution in [0, 0.1) is 0 Å². The molecular formula is C9H17BrClMgNOS. The number of halogens is 2. The molecule has 6 heteroatoms. The molecule has 0 aromatic heterocycles. The molecule has 0 aliphatic heterocycles. The molecule has 0 spiro atoms. The fraction of sp³-hybridized carbons (Fsp3) is 0.778. The molecule has 0 amide bonds. The molecule has 0 aliphatic carbocycles. The molecule has 0 aromatic rings. The Morgan fingerprint density at radius 3 is 1.80 bits per heavy atom. The van der Waals surface area contributed by atoms with E-state index in [-0.39, 0.29) is 44.8 Å². The van der Waals surface area contributed by atoms with Crippen molar-refractivity contribution in [1.29, 1.82) is 0 Å². The van der Waals surface area contributed by atoms with Crippen LogP contribution in [0.4, 0.5) is 0 Å². The Hall–Kier alpha value is 1.23. The first kappa shape index (κ1) is 21.5. The maximum Gasteiger partial charge on any atom is 2.00 e. The molecule has 0 N–H and O–H groups in total. The zero-order valence-corrected chi connectivity index (χ0v) is 14.5. The van der Waals surface area contributed by atoms with E-state index in [1.54, 1.807) is 13.8 Å². The van der Waals surface area contributed by atoms with Gasteiger partial charge in [0, 0.05) is 9.62 Å². The minimum atomic E-state index is -1.27. The van der Waals surface area contributed by atoms with Crippen LogP contribution in [-0.2, 0) is 11.0 Å². The van der Waals surface area contributed by atoms with E-state index in [9.17, 15) is 4.21 Å². The zero-order valence-electron chi connectivity index (χ0n) is 9.93. The molecule has 0 radical (unpaired) electrons. The smallest absolute Gasteiger partial charge is 1.00 e. The van der Waals surface area contributed by atoms with Crippen LogP contribution in [-0.4, -0.2) is 36.9 Å². The summed E-state index contributed by atoms with van der Waals surface area (Å²) in [6.07, 6.45) is 0. The van der Waals surface area contributed by atoms with Gasteiger partial charge >= 0.3 is 23.1 Å². The molecule has 0 heterocycles. The second kappa shape index (κ2) is 7.53. The fourth-order valence-electron chi connectivity index (χ4n) is 0.346. The molecule has 2 nitrogen and oxygen atoms in total. The van der Waals surface area contributed by atoms with Crippen molar-refractivity contribution < 1.29 is 21.2 Å². The van der Waals surface area contributed by atoms with Crippen LogP contribution in [0.3, 0.4) is 0 Å². The van der Waals surface area contributed by atoms with Gasteiger partial charge in [0.15, 0.2) is 0 Å². The van der Waals surface area contributed by atoms with Gasteiger partial charge < -0.3 is 21.7 Å². The van der Waals surface area contributed by atoms with Gasteiger partial charge in [-0.25, -0.2) is 0 Å². The van der Waals surface area contributed by atoms with E-state index in [4.69, 9.17) is 11.6 Å². The van der Waals surface area contributed by atoms with E-state index in [1.165, 1.54) is 0 Å². The normalized spacial score (nSPS) is 13.2. The molecule has 0 unspecified atom stereocenters. The Morgan fingerprint density at radius 1 is 1.27 bits per heavy atom. The Morgan fingerprint density at radius 2 is 1.60 bits per heavy atom. The third-order valence-electron chi connectivity index (χ3n) is 1.40. The van der Waals surface area contributed by atoms with Crippen molar-refractivity contribution in [1.82, 2.24) is 0 Å². The van der Waals surface area contributed by atoms with E-state index in [2.05, 4.69) is 11.3 Å². The van der Waals surface area contributed by atoms with Gasteiger partial charge in [-0.05, 0) is 34.6 Å². The van der Waals surface area contributed by atoms with Gasteiger partial charge in [0.1, 0.15) is 0 Å². The molecule has 0 fully saturated rings. The summed E-state index contributed by atoms with van der Waals surface area (Å²) < 4.78 is 15.2. The van der Waals surface area contributed by atoms with Crippen LogP contribution in [0.5, 0.6) is 0 Å². The first-order valence-electron chi connectivity index (χ1n) is 4.07. The maximum atomic E-state index is 11.5. The van der Waals surface area contributed by atoms with Crippen molar-refractivity contribution in [3.63, 3.8) is 0 Å². The largest absolute Gasteiger partial charge is 2.00 e. The molecule has 0 aliphatic rings. The number of alkyl halides is 1. The summed E-state index contributed by atoms with van der Waals surface area (Å²) in [5, 5.41) is 0. The van der Waals surface area contributed by atoms with Crippen molar-refractivity contribution in [3.8, 4) is 0 Å². The minimum Gasteiger partial charge on any atom is -1.00 e. The Kier molecular flexibility index (Phi) is 10.8. The molecule has 0 bridgehead atoms. The molecular weight excluding hydrogens is 310 g/mol. The first-order chi connectivity index (χ1) is 5.55. The number of hydrogen-bond donors (Lipinski definition) is 0. The monoisotopic (exact) mass is 325 g/mol. The van der Waals surface area contributed by atoms with Crippen molar-refractivity contribution >= 4 is 45.6 Å². The molecule has 0 saturated heterocycles. The summed E-state index contributed by atoms with van der Waals surface area (Å²) in [4.78, 5) is -0.624. The van der Waals surface area contributed by atoms with Crippen LogP contribution in [0.2, 0.25) is 0 Å². The topological polar surface area (TPSA) is 31.2 Å². The second-order valence-electron chi connectivity index (χ2n) is 4.37. The van der Waals surface area contributed by atoms with Gasteiger partial charge in [-0.1, -0.05) is 11.0 Å². The Balaban J connectivity index is -0.000000720. The maximum absolute atomic E-state index is 11.5. The van der Waals surface area contributed by atoms with E-state index >= 15 is 0 Å². The Labute approximate surface area is 127 Å². The summed E-state index contributed by atoms with van der Waals surface area (Å²) in [5.41, 5.74) is 0.461. The average molecular weight is 327 g/mol. The van der Waals surface area contributed by atoms with E-state index < -0.39 is 15.9 Å². The summed E-state index contributed by atoms with van der Waals surface area (Å²) >= 11 is 5.95. The van der Waals surface area contributed by atoms with Crippen molar-refractivity contribution in [2.24, 2.45) is 0 Å². The van der Waals surface area contributed by atoms with Gasteiger partial charge in [0.25, 0.3) is 0 Å². The van der Waals surface area contributed by atoms with Gasteiger partial charge in [0.2, 0.25) is 0 Å². The SMILES string of the molecule is C=C([N-][S@](=O)C(C)(C)C)C(C)(C)Cl.[Br-].[Mg+2]. The summed E-state index contributed by atoms with van der Waals surface area (Å²) in [6, 6.07) is 0. The molecule has 0 aromatic carbocycles. The van der Waals surface area contributed by atoms with Crippen LogP contribution in [0.1, 0.15) is 34.6 Å². The molecule has 86 valence electrons. The van der Waals surface area contributed by atoms with Crippen LogP contribution in [0.15, 0.2) is 12.3 Å². The Bertz CT molecular complexity index is 211. The predicted molar refractivity (Wildman–Crippen MR) is 66.1 cm³/mol. The molecule has 1 atom stereocenters. The van der Waals surface area contributed by atoms with E-state index in [1.807, 2.05) is 20.8 Å². The van der Waals surface area contributed by atoms with E-state index in [0.717, 1.165) is 0 Å². The van der Waals surface area contributed by atoms with Gasteiger partial charge in [0.05, 0.1) is 0 Å². The van der Waals surface area contributed by atoms with Gasteiger partial charge in [-0.15, -0.1) is 23.9 Å². The van der Waals surface area contributed by atoms with Gasteiger partial charge in [-0.2, -0.15) is 0 Å².